The predicted molar refractivity (Wildman–Crippen MR) is 121 cm³/mol. The van der Waals surface area contributed by atoms with Crippen LogP contribution in [-0.4, -0.2) is 53.4 Å². The lowest BCUT2D eigenvalue weighted by molar-refractivity contribution is -0.143. The molecule has 0 aliphatic carbocycles. The normalized spacial score (nSPS) is 23.0. The molecule has 1 saturated heterocycles. The summed E-state index contributed by atoms with van der Waals surface area (Å²) in [6.07, 6.45) is 10.2. The monoisotopic (exact) mass is 462 g/mol. The highest BCUT2D eigenvalue weighted by Gasteiger charge is 2.29. The summed E-state index contributed by atoms with van der Waals surface area (Å²) in [7, 11) is 0. The van der Waals surface area contributed by atoms with Gasteiger partial charge >= 0.3 is 0 Å². The summed E-state index contributed by atoms with van der Waals surface area (Å²) in [6.45, 7) is 10.6. The molecule has 2 aliphatic rings. The Morgan fingerprint density at radius 2 is 1.63 bits per heavy atom. The number of allylic oxidation sites excluding steroid dienone is 2. The quantitative estimate of drug-likeness (QED) is 0.396. The maximum Gasteiger partial charge on any atom is 0.242 e. The van der Waals surface area contributed by atoms with Crippen LogP contribution in [0.3, 0.4) is 0 Å². The van der Waals surface area contributed by atoms with Crippen LogP contribution in [0.5, 0.6) is 0 Å². The molecule has 0 radical (unpaired) electrons. The molecule has 0 aromatic rings. The van der Waals surface area contributed by atoms with Crippen LogP contribution in [0.2, 0.25) is 0 Å². The number of carbonyl (C=O) groups is 1. The van der Waals surface area contributed by atoms with Crippen molar-refractivity contribution in [3.05, 3.63) is 10.6 Å². The molecule has 158 valence electrons. The Labute approximate surface area is 181 Å². The fourth-order valence-electron chi connectivity index (χ4n) is 3.87. The number of halogens is 1. The zero-order valence-corrected chi connectivity index (χ0v) is 20.2. The summed E-state index contributed by atoms with van der Waals surface area (Å²) in [5, 5.41) is 0. The van der Waals surface area contributed by atoms with Crippen molar-refractivity contribution in [3.63, 3.8) is 0 Å². The highest BCUT2D eigenvalue weighted by Crippen LogP contribution is 2.38. The Bertz CT molecular complexity index is 477. The number of ether oxygens (including phenoxy) is 1. The van der Waals surface area contributed by atoms with Crippen LogP contribution < -0.4 is 0 Å². The van der Waals surface area contributed by atoms with Crippen molar-refractivity contribution in [2.75, 3.05) is 25.5 Å². The van der Waals surface area contributed by atoms with E-state index in [1.165, 1.54) is 50.6 Å². The molecule has 0 saturated carbocycles. The average Bonchev–Trinajstić information content (AvgIpc) is 2.96. The number of nitrogens with zero attached hydrogens (tertiary/aromatic N) is 2. The molecule has 1 fully saturated rings. The van der Waals surface area contributed by atoms with E-state index < -0.39 is 0 Å². The maximum absolute atomic E-state index is 12.9. The Morgan fingerprint density at radius 1 is 1.04 bits per heavy atom. The molecule has 2 aliphatic heterocycles. The molecule has 1 amide bonds. The van der Waals surface area contributed by atoms with Crippen molar-refractivity contribution >= 4 is 34.7 Å². The van der Waals surface area contributed by atoms with E-state index in [0.29, 0.717) is 6.54 Å². The molecule has 2 rings (SSSR count). The summed E-state index contributed by atoms with van der Waals surface area (Å²) in [5.41, 5.74) is 1.46. The van der Waals surface area contributed by atoms with E-state index in [9.17, 15) is 4.79 Å². The van der Waals surface area contributed by atoms with Gasteiger partial charge in [0.15, 0.2) is 0 Å². The first-order valence-electron chi connectivity index (χ1n) is 10.6. The summed E-state index contributed by atoms with van der Waals surface area (Å²) in [4.78, 5) is 18.8. The van der Waals surface area contributed by atoms with E-state index in [1.54, 1.807) is 4.91 Å². The van der Waals surface area contributed by atoms with E-state index in [2.05, 4.69) is 32.6 Å². The van der Waals surface area contributed by atoms with Gasteiger partial charge in [-0.15, -0.1) is 28.7 Å². The molecular formula is C21H39BrN2O2S. The van der Waals surface area contributed by atoms with Gasteiger partial charge in [-0.1, -0.05) is 39.5 Å². The number of amides is 1. The summed E-state index contributed by atoms with van der Waals surface area (Å²) >= 11 is 1.97. The van der Waals surface area contributed by atoms with Crippen LogP contribution >= 0.6 is 28.7 Å². The van der Waals surface area contributed by atoms with Gasteiger partial charge in [0.1, 0.15) is 0 Å². The van der Waals surface area contributed by atoms with Crippen molar-refractivity contribution in [1.29, 1.82) is 0 Å². The van der Waals surface area contributed by atoms with Crippen LogP contribution in [0, 0.1) is 0 Å². The minimum absolute atomic E-state index is 0. The van der Waals surface area contributed by atoms with E-state index in [4.69, 9.17) is 4.74 Å². The first-order chi connectivity index (χ1) is 12.5. The molecule has 0 aromatic heterocycles. The number of hydrogen-bond acceptors (Lipinski definition) is 4. The molecular weight excluding hydrogens is 424 g/mol. The highest BCUT2D eigenvalue weighted by atomic mass is 79.9. The molecule has 27 heavy (non-hydrogen) atoms. The van der Waals surface area contributed by atoms with Crippen LogP contribution in [-0.2, 0) is 9.53 Å². The van der Waals surface area contributed by atoms with Gasteiger partial charge in [0.2, 0.25) is 5.91 Å². The molecule has 0 N–H and O–H groups in total. The maximum atomic E-state index is 12.9. The van der Waals surface area contributed by atoms with Crippen LogP contribution in [0.15, 0.2) is 10.6 Å². The van der Waals surface area contributed by atoms with E-state index in [0.717, 1.165) is 25.4 Å². The summed E-state index contributed by atoms with van der Waals surface area (Å²) < 4.78 is 5.77. The molecule has 6 heteroatoms. The largest absolute Gasteiger partial charge is 0.372 e. The van der Waals surface area contributed by atoms with Gasteiger partial charge in [-0.05, 0) is 39.5 Å². The number of thioether (sulfide) groups is 1. The second-order valence-electron chi connectivity index (χ2n) is 7.81. The number of hydrogen-bond donors (Lipinski definition) is 0. The molecule has 2 heterocycles. The zero-order chi connectivity index (χ0) is 18.9. The Morgan fingerprint density at radius 3 is 2.22 bits per heavy atom. The molecule has 2 unspecified atom stereocenters. The molecule has 2 atom stereocenters. The molecule has 0 spiro atoms. The summed E-state index contributed by atoms with van der Waals surface area (Å²) in [5.74, 6) is 1.21. The zero-order valence-electron chi connectivity index (χ0n) is 17.7. The fourth-order valence-corrected chi connectivity index (χ4v) is 5.12. The smallest absolute Gasteiger partial charge is 0.242 e. The Hall–Kier alpha value is -0.200. The topological polar surface area (TPSA) is 32.8 Å². The third-order valence-electron chi connectivity index (χ3n) is 5.22. The van der Waals surface area contributed by atoms with Crippen molar-refractivity contribution in [3.8, 4) is 0 Å². The second kappa shape index (κ2) is 13.1. The number of rotatable bonds is 10. The summed E-state index contributed by atoms with van der Waals surface area (Å²) in [6, 6.07) is 0. The molecule has 0 bridgehead atoms. The lowest BCUT2D eigenvalue weighted by Gasteiger charge is -2.36. The fraction of sp³-hybridized carbons (Fsp3) is 0.857. The van der Waals surface area contributed by atoms with Crippen molar-refractivity contribution in [1.82, 2.24) is 9.80 Å². The molecule has 0 aromatic carbocycles. The van der Waals surface area contributed by atoms with Gasteiger partial charge < -0.3 is 14.5 Å². The van der Waals surface area contributed by atoms with Crippen molar-refractivity contribution in [2.24, 2.45) is 0 Å². The van der Waals surface area contributed by atoms with Gasteiger partial charge in [0.05, 0.1) is 24.6 Å². The third kappa shape index (κ3) is 7.98. The molecule has 4 nitrogen and oxygen atoms in total. The standard InChI is InChI=1S/C21H38N2O2S.BrH/c1-5-7-9-11-19-20(12-10-8-6-2)26-16-23(19)15-21(24)22-13-17(3)25-18(4)14-22;/h17-18H,5-16H2,1-4H3;1H. The van der Waals surface area contributed by atoms with E-state index in [1.807, 2.05) is 16.7 Å². The Kier molecular flexibility index (Phi) is 12.1. The average molecular weight is 464 g/mol. The van der Waals surface area contributed by atoms with Crippen LogP contribution in [0.4, 0.5) is 0 Å². The highest BCUT2D eigenvalue weighted by molar-refractivity contribution is 8.93. The lowest BCUT2D eigenvalue weighted by atomic mass is 10.1. The lowest BCUT2D eigenvalue weighted by Crippen LogP contribution is -2.50. The van der Waals surface area contributed by atoms with E-state index in [-0.39, 0.29) is 35.1 Å². The van der Waals surface area contributed by atoms with Crippen molar-refractivity contribution in [2.45, 2.75) is 91.3 Å². The Balaban J connectivity index is 0.00000364. The predicted octanol–water partition coefficient (Wildman–Crippen LogP) is 5.58. The first kappa shape index (κ1) is 24.8. The number of morpholine rings is 1. The number of carbonyl (C=O) groups excluding carboxylic acids is 1. The minimum atomic E-state index is 0. The van der Waals surface area contributed by atoms with Gasteiger partial charge in [-0.25, -0.2) is 0 Å². The number of unbranched alkanes of at least 4 members (excludes halogenated alkanes) is 4. The SMILES string of the molecule is Br.CCCCCC1=C(CCCCC)N(CC(=O)N2CC(C)OC(C)C2)CS1. The van der Waals surface area contributed by atoms with Crippen LogP contribution in [0.25, 0.3) is 0 Å². The van der Waals surface area contributed by atoms with Gasteiger partial charge in [-0.2, -0.15) is 0 Å². The van der Waals surface area contributed by atoms with Gasteiger partial charge in [0.25, 0.3) is 0 Å². The minimum Gasteiger partial charge on any atom is -0.372 e. The van der Waals surface area contributed by atoms with Crippen molar-refractivity contribution < 1.29 is 9.53 Å². The van der Waals surface area contributed by atoms with Crippen LogP contribution in [0.1, 0.15) is 79.1 Å². The van der Waals surface area contributed by atoms with Gasteiger partial charge in [0, 0.05) is 23.7 Å². The van der Waals surface area contributed by atoms with E-state index >= 15 is 0 Å². The first-order valence-corrected chi connectivity index (χ1v) is 11.6. The second-order valence-corrected chi connectivity index (χ2v) is 8.85. The van der Waals surface area contributed by atoms with Gasteiger partial charge in [-0.3, -0.25) is 4.79 Å². The third-order valence-corrected chi connectivity index (χ3v) is 6.45.